The fraction of sp³-hybridized carbons (Fsp3) is 0.765. The van der Waals surface area contributed by atoms with Crippen LogP contribution in [0, 0.1) is 11.3 Å². The number of fused-ring (bicyclic) bond motifs is 1. The van der Waals surface area contributed by atoms with Crippen LogP contribution in [0.3, 0.4) is 0 Å². The normalized spacial score (nSPS) is 15.0. The lowest BCUT2D eigenvalue weighted by Gasteiger charge is -2.35. The summed E-state index contributed by atoms with van der Waals surface area (Å²) in [7, 11) is 0. The zero-order chi connectivity index (χ0) is 16.2. The van der Waals surface area contributed by atoms with Crippen LogP contribution in [0.2, 0.25) is 0 Å². The van der Waals surface area contributed by atoms with Gasteiger partial charge in [-0.05, 0) is 29.9 Å². The number of aromatic nitrogens is 2. The molecule has 5 heteroatoms. The summed E-state index contributed by atoms with van der Waals surface area (Å²) < 4.78 is 0. The maximum Gasteiger partial charge on any atom is 0.136 e. The van der Waals surface area contributed by atoms with Crippen LogP contribution >= 0.6 is 11.8 Å². The summed E-state index contributed by atoms with van der Waals surface area (Å²) in [6, 6.07) is 0. The summed E-state index contributed by atoms with van der Waals surface area (Å²) in [4.78, 5) is 11.3. The van der Waals surface area contributed by atoms with E-state index in [2.05, 4.69) is 42.6 Å². The predicted molar refractivity (Wildman–Crippen MR) is 94.4 cm³/mol. The molecule has 124 valence electrons. The van der Waals surface area contributed by atoms with E-state index in [4.69, 9.17) is 0 Å². The van der Waals surface area contributed by atoms with Gasteiger partial charge in [-0.1, -0.05) is 27.7 Å². The molecule has 0 radical (unpaired) electrons. The highest BCUT2D eigenvalue weighted by molar-refractivity contribution is 7.98. The number of rotatable bonds is 7. The maximum absolute atomic E-state index is 9.49. The van der Waals surface area contributed by atoms with Crippen molar-refractivity contribution >= 4 is 17.6 Å². The summed E-state index contributed by atoms with van der Waals surface area (Å²) in [5.74, 6) is 3.82. The number of aliphatic hydroxyl groups excluding tert-OH is 1. The van der Waals surface area contributed by atoms with Gasteiger partial charge in [0.2, 0.25) is 0 Å². The number of anilines is 1. The lowest BCUT2D eigenvalue weighted by atomic mass is 9.83. The number of thioether (sulfide) groups is 1. The Bertz CT molecular complexity index is 491. The summed E-state index contributed by atoms with van der Waals surface area (Å²) >= 11 is 1.95. The van der Waals surface area contributed by atoms with E-state index in [1.54, 1.807) is 6.33 Å². The van der Waals surface area contributed by atoms with Gasteiger partial charge in [0.15, 0.2) is 0 Å². The smallest absolute Gasteiger partial charge is 0.136 e. The molecule has 0 saturated carbocycles. The Morgan fingerprint density at radius 3 is 2.82 bits per heavy atom. The average molecular weight is 324 g/mol. The quantitative estimate of drug-likeness (QED) is 0.835. The highest BCUT2D eigenvalue weighted by Crippen LogP contribution is 2.33. The van der Waals surface area contributed by atoms with E-state index in [-0.39, 0.29) is 12.0 Å². The second kappa shape index (κ2) is 7.64. The monoisotopic (exact) mass is 323 g/mol. The lowest BCUT2D eigenvalue weighted by molar-refractivity contribution is 0.267. The third kappa shape index (κ3) is 4.59. The van der Waals surface area contributed by atoms with Crippen molar-refractivity contribution in [3.05, 3.63) is 17.6 Å². The minimum Gasteiger partial charge on any atom is -0.395 e. The van der Waals surface area contributed by atoms with E-state index in [1.807, 2.05) is 11.8 Å². The van der Waals surface area contributed by atoms with Crippen LogP contribution in [0.5, 0.6) is 0 Å². The van der Waals surface area contributed by atoms with Crippen molar-refractivity contribution in [1.82, 2.24) is 9.97 Å². The van der Waals surface area contributed by atoms with Gasteiger partial charge < -0.3 is 10.0 Å². The number of nitrogens with zero attached hydrogens (tertiary/aromatic N) is 3. The molecule has 0 aliphatic carbocycles. The molecule has 1 aromatic rings. The fourth-order valence-electron chi connectivity index (χ4n) is 3.48. The molecule has 1 aliphatic heterocycles. The SMILES string of the molecule is CC(C)CC(C)(C)CN(CCO)c1ncnc2c1CSCC2. The van der Waals surface area contributed by atoms with Gasteiger partial charge in [0.1, 0.15) is 12.1 Å². The first kappa shape index (κ1) is 17.5. The Labute approximate surface area is 138 Å². The van der Waals surface area contributed by atoms with Gasteiger partial charge in [-0.3, -0.25) is 0 Å². The van der Waals surface area contributed by atoms with Gasteiger partial charge in [-0.25, -0.2) is 9.97 Å². The molecular weight excluding hydrogens is 294 g/mol. The second-order valence-electron chi connectivity index (χ2n) is 7.33. The number of aryl methyl sites for hydroxylation is 1. The van der Waals surface area contributed by atoms with Gasteiger partial charge in [-0.2, -0.15) is 11.8 Å². The molecule has 0 saturated heterocycles. The molecule has 0 unspecified atom stereocenters. The van der Waals surface area contributed by atoms with Crippen molar-refractivity contribution < 1.29 is 5.11 Å². The zero-order valence-electron chi connectivity index (χ0n) is 14.3. The van der Waals surface area contributed by atoms with Crippen molar-refractivity contribution in [2.24, 2.45) is 11.3 Å². The predicted octanol–water partition coefficient (Wildman–Crippen LogP) is 3.14. The second-order valence-corrected chi connectivity index (χ2v) is 8.44. The molecule has 1 N–H and O–H groups in total. The molecule has 2 heterocycles. The first-order chi connectivity index (χ1) is 10.4. The van der Waals surface area contributed by atoms with Crippen LogP contribution < -0.4 is 4.90 Å². The molecule has 2 rings (SSSR count). The highest BCUT2D eigenvalue weighted by Gasteiger charge is 2.26. The zero-order valence-corrected chi connectivity index (χ0v) is 15.1. The Morgan fingerprint density at radius 1 is 1.36 bits per heavy atom. The van der Waals surface area contributed by atoms with Gasteiger partial charge in [0, 0.05) is 24.4 Å². The maximum atomic E-state index is 9.49. The van der Waals surface area contributed by atoms with Crippen LogP contribution in [-0.2, 0) is 12.2 Å². The minimum absolute atomic E-state index is 0.156. The van der Waals surface area contributed by atoms with Crippen LogP contribution in [-0.4, -0.2) is 40.5 Å². The molecule has 0 amide bonds. The van der Waals surface area contributed by atoms with Gasteiger partial charge in [-0.15, -0.1) is 0 Å². The number of aliphatic hydroxyl groups is 1. The van der Waals surface area contributed by atoms with Crippen molar-refractivity contribution in [3.8, 4) is 0 Å². The van der Waals surface area contributed by atoms with E-state index in [0.717, 1.165) is 36.7 Å². The first-order valence-corrected chi connectivity index (χ1v) is 9.35. The van der Waals surface area contributed by atoms with E-state index >= 15 is 0 Å². The largest absolute Gasteiger partial charge is 0.395 e. The summed E-state index contributed by atoms with van der Waals surface area (Å²) in [6.07, 6.45) is 3.87. The van der Waals surface area contributed by atoms with Gasteiger partial charge in [0.05, 0.1) is 12.3 Å². The van der Waals surface area contributed by atoms with Crippen LogP contribution in [0.15, 0.2) is 6.33 Å². The van der Waals surface area contributed by atoms with E-state index in [9.17, 15) is 5.11 Å². The van der Waals surface area contributed by atoms with E-state index in [0.29, 0.717) is 12.5 Å². The van der Waals surface area contributed by atoms with E-state index < -0.39 is 0 Å². The summed E-state index contributed by atoms with van der Waals surface area (Å²) in [6.45, 7) is 10.8. The van der Waals surface area contributed by atoms with Crippen LogP contribution in [0.25, 0.3) is 0 Å². The molecule has 0 bridgehead atoms. The topological polar surface area (TPSA) is 49.2 Å². The van der Waals surface area contributed by atoms with Gasteiger partial charge in [0.25, 0.3) is 0 Å². The van der Waals surface area contributed by atoms with Crippen molar-refractivity contribution in [3.63, 3.8) is 0 Å². The molecule has 0 fully saturated rings. The fourth-order valence-corrected chi connectivity index (χ4v) is 4.47. The van der Waals surface area contributed by atoms with E-state index in [1.165, 1.54) is 11.3 Å². The van der Waals surface area contributed by atoms with Gasteiger partial charge >= 0.3 is 0 Å². The molecule has 0 atom stereocenters. The number of hydrogen-bond acceptors (Lipinski definition) is 5. The third-order valence-corrected chi connectivity index (χ3v) is 4.98. The number of hydrogen-bond donors (Lipinski definition) is 1. The molecule has 4 nitrogen and oxygen atoms in total. The molecular formula is C17H29N3OS. The van der Waals surface area contributed by atoms with Crippen molar-refractivity contribution in [2.75, 3.05) is 30.3 Å². The average Bonchev–Trinajstić information content (AvgIpc) is 2.44. The Hall–Kier alpha value is -0.810. The van der Waals surface area contributed by atoms with Crippen LogP contribution in [0.1, 0.15) is 45.4 Å². The third-order valence-electron chi connectivity index (χ3n) is 3.99. The Kier molecular flexibility index (Phi) is 6.09. The first-order valence-electron chi connectivity index (χ1n) is 8.19. The lowest BCUT2D eigenvalue weighted by Crippen LogP contribution is -2.38. The summed E-state index contributed by atoms with van der Waals surface area (Å²) in [5, 5.41) is 9.49. The standard InChI is InChI=1S/C17H29N3OS/c1-13(2)9-17(3,4)11-20(6-7-21)16-14-10-22-8-5-15(14)18-12-19-16/h12-13,21H,5-11H2,1-4H3. The summed E-state index contributed by atoms with van der Waals surface area (Å²) in [5.41, 5.74) is 2.66. The Balaban J connectivity index is 2.24. The molecule has 1 aliphatic rings. The van der Waals surface area contributed by atoms with Crippen molar-refractivity contribution in [2.45, 2.75) is 46.3 Å². The molecule has 22 heavy (non-hydrogen) atoms. The van der Waals surface area contributed by atoms with Crippen molar-refractivity contribution in [1.29, 1.82) is 0 Å². The molecule has 0 spiro atoms. The van der Waals surface area contributed by atoms with Crippen LogP contribution in [0.4, 0.5) is 5.82 Å². The Morgan fingerprint density at radius 2 is 2.14 bits per heavy atom. The minimum atomic E-state index is 0.156. The molecule has 1 aromatic heterocycles. The molecule has 0 aromatic carbocycles. The highest BCUT2D eigenvalue weighted by atomic mass is 32.2.